The fraction of sp³-hybridized carbons (Fsp3) is 0.148. The number of benzene rings is 2. The van der Waals surface area contributed by atoms with Crippen LogP contribution in [0.5, 0.6) is 11.5 Å². The van der Waals surface area contributed by atoms with E-state index in [9.17, 15) is 9.59 Å². The molecule has 1 N–H and O–H groups in total. The number of carbonyl (C=O) groups excluding carboxylic acids is 2. The lowest BCUT2D eigenvalue weighted by Gasteiger charge is -2.41. The maximum Gasteiger partial charge on any atom is 0.259 e. The number of hydrogen-bond acceptors (Lipinski definition) is 6. The van der Waals surface area contributed by atoms with Crippen LogP contribution in [0.4, 0.5) is 5.69 Å². The van der Waals surface area contributed by atoms with Crippen molar-refractivity contribution in [2.24, 2.45) is 0 Å². The Hall–Kier alpha value is -4.17. The number of fused-ring (bicyclic) bond motifs is 2. The fourth-order valence-corrected chi connectivity index (χ4v) is 5.41. The van der Waals surface area contributed by atoms with Crippen LogP contribution in [-0.4, -0.2) is 23.6 Å². The number of pyridine rings is 1. The van der Waals surface area contributed by atoms with E-state index in [1.807, 2.05) is 53.2 Å². The second kappa shape index (κ2) is 8.88. The minimum Gasteiger partial charge on any atom is -0.454 e. The molecule has 174 valence electrons. The molecule has 6 rings (SSSR count). The highest BCUT2D eigenvalue weighted by atomic mass is 32.1. The van der Waals surface area contributed by atoms with Crippen LogP contribution in [0, 0.1) is 0 Å². The minimum atomic E-state index is -0.606. The number of carbonyl (C=O) groups is 2. The Bertz CT molecular complexity index is 1390. The molecule has 0 bridgehead atoms. The Labute approximate surface area is 206 Å². The van der Waals surface area contributed by atoms with E-state index in [-0.39, 0.29) is 18.6 Å². The van der Waals surface area contributed by atoms with Gasteiger partial charge in [-0.15, -0.1) is 0 Å². The molecule has 2 aliphatic heterocycles. The van der Waals surface area contributed by atoms with Crippen molar-refractivity contribution in [1.82, 2.24) is 10.3 Å². The van der Waals surface area contributed by atoms with Crippen LogP contribution in [0.2, 0.25) is 0 Å². The first-order chi connectivity index (χ1) is 17.2. The van der Waals surface area contributed by atoms with Gasteiger partial charge in [-0.1, -0.05) is 18.2 Å². The lowest BCUT2D eigenvalue weighted by atomic mass is 9.79. The first-order valence-corrected chi connectivity index (χ1v) is 12.2. The molecule has 0 saturated heterocycles. The maximum absolute atomic E-state index is 13.9. The largest absolute Gasteiger partial charge is 0.454 e. The van der Waals surface area contributed by atoms with Crippen LogP contribution in [0.25, 0.3) is 0 Å². The Morgan fingerprint density at radius 1 is 1.06 bits per heavy atom. The molecule has 0 radical (unpaired) electrons. The summed E-state index contributed by atoms with van der Waals surface area (Å²) < 4.78 is 11.0. The summed E-state index contributed by atoms with van der Waals surface area (Å²) in [5.74, 6) is 0.303. The molecule has 2 aliphatic rings. The van der Waals surface area contributed by atoms with Gasteiger partial charge in [0.1, 0.15) is 0 Å². The van der Waals surface area contributed by atoms with Gasteiger partial charge in [0.2, 0.25) is 12.7 Å². The first kappa shape index (κ1) is 21.4. The zero-order valence-corrected chi connectivity index (χ0v) is 19.4. The normalized spacial score (nSPS) is 18.3. The zero-order chi connectivity index (χ0) is 23.8. The van der Waals surface area contributed by atoms with E-state index < -0.39 is 12.0 Å². The van der Waals surface area contributed by atoms with Gasteiger partial charge in [0.05, 0.1) is 12.0 Å². The van der Waals surface area contributed by atoms with E-state index in [0.717, 1.165) is 16.7 Å². The highest BCUT2D eigenvalue weighted by Gasteiger charge is 2.45. The SMILES string of the molecule is O=C(NCc1ccncc1)[C@H]1c2ccccc2C(=O)N(c2ccc3c(c2)OCO3)[C@@H]1c1ccsc1. The van der Waals surface area contributed by atoms with E-state index in [1.165, 1.54) is 11.3 Å². The van der Waals surface area contributed by atoms with Crippen molar-refractivity contribution < 1.29 is 19.1 Å². The van der Waals surface area contributed by atoms with Crippen LogP contribution in [0.3, 0.4) is 0 Å². The number of amides is 2. The summed E-state index contributed by atoms with van der Waals surface area (Å²) in [5, 5.41) is 7.04. The van der Waals surface area contributed by atoms with Crippen LogP contribution < -0.4 is 19.7 Å². The van der Waals surface area contributed by atoms with Crippen molar-refractivity contribution in [3.05, 3.63) is 106 Å². The summed E-state index contributed by atoms with van der Waals surface area (Å²) in [6.45, 7) is 0.512. The highest BCUT2D eigenvalue weighted by molar-refractivity contribution is 7.08. The molecule has 2 aromatic carbocycles. The van der Waals surface area contributed by atoms with Crippen molar-refractivity contribution in [2.75, 3.05) is 11.7 Å². The molecule has 2 amide bonds. The Morgan fingerprint density at radius 3 is 2.71 bits per heavy atom. The second-order valence-corrected chi connectivity index (χ2v) is 9.13. The van der Waals surface area contributed by atoms with E-state index in [1.54, 1.807) is 35.5 Å². The highest BCUT2D eigenvalue weighted by Crippen LogP contribution is 2.47. The monoisotopic (exact) mass is 483 g/mol. The van der Waals surface area contributed by atoms with Crippen LogP contribution in [0.1, 0.15) is 39.0 Å². The smallest absolute Gasteiger partial charge is 0.259 e. The van der Waals surface area contributed by atoms with Gasteiger partial charge in [-0.05, 0) is 63.8 Å². The quantitative estimate of drug-likeness (QED) is 0.446. The topological polar surface area (TPSA) is 80.8 Å². The number of thiophene rings is 1. The Kier molecular flexibility index (Phi) is 5.42. The molecule has 35 heavy (non-hydrogen) atoms. The summed E-state index contributed by atoms with van der Waals surface area (Å²) in [6, 6.07) is 18.0. The minimum absolute atomic E-state index is 0.142. The molecule has 0 fully saturated rings. The molecule has 0 saturated carbocycles. The molecule has 2 atom stereocenters. The lowest BCUT2D eigenvalue weighted by molar-refractivity contribution is -0.123. The first-order valence-electron chi connectivity index (χ1n) is 11.2. The van der Waals surface area contributed by atoms with Gasteiger partial charge in [0.25, 0.3) is 5.91 Å². The predicted molar refractivity (Wildman–Crippen MR) is 132 cm³/mol. The molecule has 4 aromatic rings. The van der Waals surface area contributed by atoms with Gasteiger partial charge < -0.3 is 14.8 Å². The predicted octanol–water partition coefficient (Wildman–Crippen LogP) is 4.67. The number of hydrogen-bond donors (Lipinski definition) is 1. The maximum atomic E-state index is 13.9. The average Bonchev–Trinajstić information content (AvgIpc) is 3.60. The average molecular weight is 484 g/mol. The third kappa shape index (κ3) is 3.81. The van der Waals surface area contributed by atoms with Gasteiger partial charge in [-0.3, -0.25) is 19.5 Å². The van der Waals surface area contributed by atoms with E-state index in [0.29, 0.717) is 29.3 Å². The summed E-state index contributed by atoms with van der Waals surface area (Å²) in [5.41, 5.74) is 3.74. The molecule has 2 aromatic heterocycles. The third-order valence-electron chi connectivity index (χ3n) is 6.36. The summed E-state index contributed by atoms with van der Waals surface area (Å²) >= 11 is 1.54. The van der Waals surface area contributed by atoms with E-state index in [4.69, 9.17) is 9.47 Å². The van der Waals surface area contributed by atoms with Gasteiger partial charge in [-0.2, -0.15) is 11.3 Å². The number of anilines is 1. The van der Waals surface area contributed by atoms with Crippen LogP contribution >= 0.6 is 11.3 Å². The van der Waals surface area contributed by atoms with Crippen molar-refractivity contribution in [3.63, 3.8) is 0 Å². The summed E-state index contributed by atoms with van der Waals surface area (Å²) in [7, 11) is 0. The lowest BCUT2D eigenvalue weighted by Crippen LogP contribution is -2.47. The molecule has 0 unspecified atom stereocenters. The van der Waals surface area contributed by atoms with E-state index >= 15 is 0 Å². The van der Waals surface area contributed by atoms with Crippen molar-refractivity contribution in [2.45, 2.75) is 18.5 Å². The number of nitrogens with zero attached hydrogens (tertiary/aromatic N) is 2. The van der Waals surface area contributed by atoms with Crippen LogP contribution in [-0.2, 0) is 11.3 Å². The molecule has 7 nitrogen and oxygen atoms in total. The molecular formula is C27H21N3O4S. The van der Waals surface area contributed by atoms with Gasteiger partial charge >= 0.3 is 0 Å². The molecular weight excluding hydrogens is 462 g/mol. The molecule has 0 aliphatic carbocycles. The fourth-order valence-electron chi connectivity index (χ4n) is 4.72. The number of aromatic nitrogens is 1. The summed E-state index contributed by atoms with van der Waals surface area (Å²) in [4.78, 5) is 33.4. The molecule has 0 spiro atoms. The van der Waals surface area contributed by atoms with E-state index in [2.05, 4.69) is 10.3 Å². The van der Waals surface area contributed by atoms with Crippen molar-refractivity contribution in [1.29, 1.82) is 0 Å². The number of ether oxygens (including phenoxy) is 2. The standard InChI is InChI=1S/C27H21N3O4S/c31-26(29-14-17-7-10-28-11-8-17)24-20-3-1-2-4-21(20)27(32)30(25(24)18-9-12-35-15-18)19-5-6-22-23(13-19)34-16-33-22/h1-13,15,24-25H,14,16H2,(H,29,31)/t24-,25+/m0/s1. The van der Waals surface area contributed by atoms with Gasteiger partial charge in [0, 0.05) is 36.3 Å². The molecule has 4 heterocycles. The Morgan fingerprint density at radius 2 is 1.89 bits per heavy atom. The second-order valence-electron chi connectivity index (χ2n) is 8.35. The number of rotatable bonds is 5. The van der Waals surface area contributed by atoms with Crippen molar-refractivity contribution in [3.8, 4) is 11.5 Å². The third-order valence-corrected chi connectivity index (χ3v) is 7.06. The Balaban J connectivity index is 1.46. The zero-order valence-electron chi connectivity index (χ0n) is 18.6. The van der Waals surface area contributed by atoms with Gasteiger partial charge in [0.15, 0.2) is 11.5 Å². The molecule has 8 heteroatoms. The van der Waals surface area contributed by atoms with Gasteiger partial charge in [-0.25, -0.2) is 0 Å². The van der Waals surface area contributed by atoms with Crippen LogP contribution in [0.15, 0.2) is 83.8 Å². The number of nitrogens with one attached hydrogen (secondary N) is 1. The summed E-state index contributed by atoms with van der Waals surface area (Å²) in [6.07, 6.45) is 3.40. The van der Waals surface area contributed by atoms with Crippen molar-refractivity contribution >= 4 is 28.8 Å².